The Balaban J connectivity index is 2.01. The molecule has 6 nitrogen and oxygen atoms in total. The van der Waals surface area contributed by atoms with Crippen LogP contribution in [0.25, 0.3) is 0 Å². The smallest absolute Gasteiger partial charge is 0.396 e. The zero-order valence-electron chi connectivity index (χ0n) is 17.2. The van der Waals surface area contributed by atoms with E-state index in [9.17, 15) is 26.7 Å². The Morgan fingerprint density at radius 1 is 0.969 bits per heavy atom. The summed E-state index contributed by atoms with van der Waals surface area (Å²) in [6.45, 7) is -0.119. The first-order valence-electron chi connectivity index (χ1n) is 9.73. The van der Waals surface area contributed by atoms with Crippen molar-refractivity contribution in [3.63, 3.8) is 0 Å². The van der Waals surface area contributed by atoms with Gasteiger partial charge in [0.2, 0.25) is 5.60 Å². The summed E-state index contributed by atoms with van der Waals surface area (Å²) in [5.74, 6) is 0. The maximum atomic E-state index is 14.1. The van der Waals surface area contributed by atoms with Crippen molar-refractivity contribution in [3.05, 3.63) is 84.2 Å². The van der Waals surface area contributed by atoms with E-state index in [1.165, 1.54) is 54.2 Å². The van der Waals surface area contributed by atoms with Crippen molar-refractivity contribution in [2.45, 2.75) is 29.6 Å². The molecule has 0 aliphatic rings. The highest BCUT2D eigenvalue weighted by atomic mass is 32.2. The van der Waals surface area contributed by atoms with Gasteiger partial charge in [-0.1, -0.05) is 30.3 Å². The second kappa shape index (κ2) is 8.97. The van der Waals surface area contributed by atoms with E-state index in [1.54, 1.807) is 18.2 Å². The Morgan fingerprint density at radius 3 is 2.16 bits per heavy atom. The number of aliphatic hydroxyl groups is 2. The Kier molecular flexibility index (Phi) is 6.68. The Bertz CT molecular complexity index is 1150. The van der Waals surface area contributed by atoms with Crippen LogP contribution >= 0.6 is 0 Å². The first kappa shape index (κ1) is 23.8. The Morgan fingerprint density at radius 2 is 1.59 bits per heavy atom. The van der Waals surface area contributed by atoms with E-state index in [0.717, 1.165) is 16.4 Å². The van der Waals surface area contributed by atoms with Crippen LogP contribution in [0.15, 0.2) is 77.8 Å². The third-order valence-electron chi connectivity index (χ3n) is 5.22. The van der Waals surface area contributed by atoms with Crippen molar-refractivity contribution in [2.24, 2.45) is 0 Å². The number of nitrogens with zero attached hydrogens (tertiary/aromatic N) is 2. The van der Waals surface area contributed by atoms with E-state index in [-0.39, 0.29) is 30.2 Å². The van der Waals surface area contributed by atoms with Crippen LogP contribution in [-0.2, 0) is 22.2 Å². The van der Waals surface area contributed by atoms with E-state index in [4.69, 9.17) is 5.11 Å². The molecule has 1 aromatic heterocycles. The molecule has 1 heterocycles. The first-order chi connectivity index (χ1) is 15.0. The molecule has 2 N–H and O–H groups in total. The summed E-state index contributed by atoms with van der Waals surface area (Å²) in [5, 5.41) is 19.9. The molecule has 3 rings (SSSR count). The zero-order valence-corrected chi connectivity index (χ0v) is 18.0. The summed E-state index contributed by atoms with van der Waals surface area (Å²) >= 11 is 0. The van der Waals surface area contributed by atoms with Gasteiger partial charge in [0.25, 0.3) is 10.0 Å². The molecule has 0 fully saturated rings. The van der Waals surface area contributed by atoms with Gasteiger partial charge in [0.15, 0.2) is 0 Å². The highest BCUT2D eigenvalue weighted by Gasteiger charge is 2.57. The second-order valence-corrected chi connectivity index (χ2v) is 9.17. The van der Waals surface area contributed by atoms with Crippen LogP contribution in [0.2, 0.25) is 0 Å². The van der Waals surface area contributed by atoms with Crippen molar-refractivity contribution >= 4 is 15.7 Å². The molecule has 172 valence electrons. The van der Waals surface area contributed by atoms with E-state index < -0.39 is 33.1 Å². The van der Waals surface area contributed by atoms with Gasteiger partial charge in [-0.05, 0) is 48.4 Å². The minimum atomic E-state index is -5.05. The van der Waals surface area contributed by atoms with Gasteiger partial charge in [-0.25, -0.2) is 8.42 Å². The number of benzene rings is 2. The molecule has 10 heteroatoms. The molecular weight excluding hydrogens is 445 g/mol. The number of hydrogen-bond donors (Lipinski definition) is 2. The van der Waals surface area contributed by atoms with Gasteiger partial charge >= 0.3 is 6.18 Å². The van der Waals surface area contributed by atoms with Crippen LogP contribution in [0.4, 0.5) is 18.9 Å². The lowest BCUT2D eigenvalue weighted by Crippen LogP contribution is -2.45. The van der Waals surface area contributed by atoms with Gasteiger partial charge in [-0.3, -0.25) is 4.31 Å². The lowest BCUT2D eigenvalue weighted by atomic mass is 9.89. The number of alkyl halides is 3. The summed E-state index contributed by atoms with van der Waals surface area (Å²) in [5.41, 5.74) is -4.03. The van der Waals surface area contributed by atoms with Gasteiger partial charge in [-0.15, -0.1) is 0 Å². The minimum absolute atomic E-state index is 0.0417. The van der Waals surface area contributed by atoms with Crippen molar-refractivity contribution in [3.8, 4) is 0 Å². The van der Waals surface area contributed by atoms with Crippen LogP contribution in [-0.4, -0.2) is 43.0 Å². The zero-order chi connectivity index (χ0) is 23.6. The SMILES string of the molecule is CN(c1ccc(C(O)(c2cccn2CCCO)C(F)(F)F)cc1)S(=O)(=O)c1ccccc1. The number of anilines is 1. The lowest BCUT2D eigenvalue weighted by molar-refractivity contribution is -0.250. The maximum Gasteiger partial charge on any atom is 0.427 e. The van der Waals surface area contributed by atoms with Gasteiger partial charge in [0, 0.05) is 26.4 Å². The van der Waals surface area contributed by atoms with Crippen LogP contribution in [0.5, 0.6) is 0 Å². The van der Waals surface area contributed by atoms with Crippen molar-refractivity contribution in [2.75, 3.05) is 18.0 Å². The summed E-state index contributed by atoms with van der Waals surface area (Å²) < 4.78 is 70.1. The Hall–Kier alpha value is -2.82. The summed E-state index contributed by atoms with van der Waals surface area (Å²) in [4.78, 5) is 0.0417. The molecule has 1 unspecified atom stereocenters. The average Bonchev–Trinajstić information content (AvgIpc) is 3.25. The fourth-order valence-electron chi connectivity index (χ4n) is 3.44. The molecule has 0 saturated heterocycles. The molecule has 0 bridgehead atoms. The van der Waals surface area contributed by atoms with Gasteiger partial charge < -0.3 is 14.8 Å². The second-order valence-electron chi connectivity index (χ2n) is 7.20. The molecule has 0 radical (unpaired) electrons. The quantitative estimate of drug-likeness (QED) is 0.530. The molecule has 0 aliphatic carbocycles. The molecule has 0 amide bonds. The molecule has 0 spiro atoms. The van der Waals surface area contributed by atoms with Gasteiger partial charge in [0.1, 0.15) is 0 Å². The first-order valence-corrected chi connectivity index (χ1v) is 11.2. The maximum absolute atomic E-state index is 14.1. The van der Waals surface area contributed by atoms with Crippen LogP contribution in [0.1, 0.15) is 17.7 Å². The van der Waals surface area contributed by atoms with Gasteiger partial charge in [-0.2, -0.15) is 13.2 Å². The number of aromatic nitrogens is 1. The monoisotopic (exact) mass is 468 g/mol. The van der Waals surface area contributed by atoms with Crippen LogP contribution in [0, 0.1) is 0 Å². The Labute approximate surface area is 184 Å². The minimum Gasteiger partial charge on any atom is -0.396 e. The molecule has 32 heavy (non-hydrogen) atoms. The summed E-state index contributed by atoms with van der Waals surface area (Å²) in [7, 11) is -2.61. The standard InChI is InChI=1S/C22H23F3N2O4S/c1-26(32(30,31)19-7-3-2-4-8-19)18-12-10-17(11-13-18)21(29,22(23,24)25)20-9-5-14-27(20)15-6-16-28/h2-5,7-14,28-29H,6,15-16H2,1H3. The van der Waals surface area contributed by atoms with E-state index >= 15 is 0 Å². The molecule has 0 aliphatic heterocycles. The number of sulfonamides is 1. The van der Waals surface area contributed by atoms with E-state index in [1.807, 2.05) is 0 Å². The average molecular weight is 468 g/mol. The lowest BCUT2D eigenvalue weighted by Gasteiger charge is -2.32. The summed E-state index contributed by atoms with van der Waals surface area (Å²) in [6.07, 6.45) is -3.43. The van der Waals surface area contributed by atoms with E-state index in [2.05, 4.69) is 0 Å². The fourth-order valence-corrected chi connectivity index (χ4v) is 4.65. The number of hydrogen-bond acceptors (Lipinski definition) is 4. The normalized spacial score (nSPS) is 14.2. The van der Waals surface area contributed by atoms with Crippen molar-refractivity contribution in [1.29, 1.82) is 0 Å². The topological polar surface area (TPSA) is 82.8 Å². The third-order valence-corrected chi connectivity index (χ3v) is 7.02. The molecule has 1 atom stereocenters. The number of aryl methyl sites for hydroxylation is 1. The number of halogens is 3. The third kappa shape index (κ3) is 4.25. The highest BCUT2D eigenvalue weighted by molar-refractivity contribution is 7.92. The van der Waals surface area contributed by atoms with Crippen molar-refractivity contribution < 1.29 is 31.8 Å². The summed E-state index contributed by atoms with van der Waals surface area (Å²) in [6, 6.07) is 14.8. The molecule has 2 aromatic carbocycles. The molecule has 3 aromatic rings. The highest BCUT2D eigenvalue weighted by Crippen LogP contribution is 2.44. The van der Waals surface area contributed by atoms with E-state index in [0.29, 0.717) is 0 Å². The number of rotatable bonds is 8. The van der Waals surface area contributed by atoms with Crippen molar-refractivity contribution in [1.82, 2.24) is 4.57 Å². The fraction of sp³-hybridized carbons (Fsp3) is 0.273. The van der Waals surface area contributed by atoms with Gasteiger partial charge in [0.05, 0.1) is 16.3 Å². The largest absolute Gasteiger partial charge is 0.427 e. The molecule has 0 saturated carbocycles. The van der Waals surface area contributed by atoms with Crippen LogP contribution in [0.3, 0.4) is 0 Å². The predicted molar refractivity (Wildman–Crippen MR) is 114 cm³/mol. The van der Waals surface area contributed by atoms with Crippen LogP contribution < -0.4 is 4.31 Å². The molecular formula is C22H23F3N2O4S. The predicted octanol–water partition coefficient (Wildman–Crippen LogP) is 3.49. The number of aliphatic hydroxyl groups excluding tert-OH is 1.